The zero-order chi connectivity index (χ0) is 13.0. The van der Waals surface area contributed by atoms with Crippen molar-refractivity contribution in [2.24, 2.45) is 0 Å². The summed E-state index contributed by atoms with van der Waals surface area (Å²) in [7, 11) is 1.51. The zero-order valence-corrected chi connectivity index (χ0v) is 11.3. The lowest BCUT2D eigenvalue weighted by molar-refractivity contribution is 0.102. The summed E-state index contributed by atoms with van der Waals surface area (Å²) in [5.74, 6) is 0.177. The number of benzene rings is 1. The Morgan fingerprint density at radius 1 is 1.33 bits per heavy atom. The lowest BCUT2D eigenvalue weighted by Crippen LogP contribution is -2.12. The van der Waals surface area contributed by atoms with Crippen LogP contribution in [-0.4, -0.2) is 18.0 Å². The fourth-order valence-corrected chi connectivity index (χ4v) is 1.79. The number of pyridine rings is 1. The molecule has 0 radical (unpaired) electrons. The van der Waals surface area contributed by atoms with Crippen molar-refractivity contribution in [3.63, 3.8) is 0 Å². The van der Waals surface area contributed by atoms with Gasteiger partial charge in [-0.2, -0.15) is 0 Å². The molecular formula is C13H11BrN2O2. The molecule has 1 N–H and O–H groups in total. The van der Waals surface area contributed by atoms with Gasteiger partial charge in [-0.15, -0.1) is 0 Å². The van der Waals surface area contributed by atoms with Crippen LogP contribution in [0.5, 0.6) is 5.88 Å². The molecule has 0 fully saturated rings. The summed E-state index contributed by atoms with van der Waals surface area (Å²) in [5, 5.41) is 2.76. The number of methoxy groups -OCH3 is 1. The lowest BCUT2D eigenvalue weighted by Gasteiger charge is -2.09. The SMILES string of the molecule is COc1ncc(Br)cc1NC(=O)c1ccccc1. The van der Waals surface area contributed by atoms with E-state index in [0.29, 0.717) is 17.1 Å². The van der Waals surface area contributed by atoms with E-state index in [1.807, 2.05) is 18.2 Å². The van der Waals surface area contributed by atoms with Crippen molar-refractivity contribution in [3.8, 4) is 5.88 Å². The molecule has 0 unspecified atom stereocenters. The molecule has 5 heteroatoms. The van der Waals surface area contributed by atoms with Gasteiger partial charge >= 0.3 is 0 Å². The number of hydrogen-bond acceptors (Lipinski definition) is 3. The number of anilines is 1. The smallest absolute Gasteiger partial charge is 0.255 e. The predicted octanol–water partition coefficient (Wildman–Crippen LogP) is 3.11. The van der Waals surface area contributed by atoms with Gasteiger partial charge in [-0.25, -0.2) is 4.98 Å². The van der Waals surface area contributed by atoms with Gasteiger partial charge in [0, 0.05) is 16.2 Å². The average Bonchev–Trinajstić information content (AvgIpc) is 2.40. The van der Waals surface area contributed by atoms with E-state index < -0.39 is 0 Å². The molecule has 4 nitrogen and oxygen atoms in total. The van der Waals surface area contributed by atoms with Crippen LogP contribution in [0.15, 0.2) is 47.1 Å². The number of rotatable bonds is 3. The first kappa shape index (κ1) is 12.6. The molecule has 0 atom stereocenters. The Bertz CT molecular complexity index is 558. The van der Waals surface area contributed by atoms with Crippen LogP contribution >= 0.6 is 15.9 Å². The summed E-state index contributed by atoms with van der Waals surface area (Å²) in [4.78, 5) is 16.0. The highest BCUT2D eigenvalue weighted by atomic mass is 79.9. The third kappa shape index (κ3) is 2.87. The van der Waals surface area contributed by atoms with Crippen LogP contribution in [0.3, 0.4) is 0 Å². The van der Waals surface area contributed by atoms with Crippen molar-refractivity contribution in [2.45, 2.75) is 0 Å². The highest BCUT2D eigenvalue weighted by molar-refractivity contribution is 9.10. The minimum Gasteiger partial charge on any atom is -0.480 e. The maximum absolute atomic E-state index is 12.0. The molecular weight excluding hydrogens is 296 g/mol. The molecule has 0 saturated carbocycles. The summed E-state index contributed by atoms with van der Waals surface area (Å²) in [6.45, 7) is 0. The topological polar surface area (TPSA) is 51.2 Å². The van der Waals surface area contributed by atoms with Crippen LogP contribution < -0.4 is 10.1 Å². The Labute approximate surface area is 113 Å². The van der Waals surface area contributed by atoms with Gasteiger partial charge in [0.25, 0.3) is 5.91 Å². The van der Waals surface area contributed by atoms with Gasteiger partial charge in [-0.3, -0.25) is 4.79 Å². The average molecular weight is 307 g/mol. The molecule has 92 valence electrons. The summed E-state index contributed by atoms with van der Waals surface area (Å²) in [5.41, 5.74) is 1.11. The molecule has 1 aromatic heterocycles. The van der Waals surface area contributed by atoms with Crippen molar-refractivity contribution < 1.29 is 9.53 Å². The second kappa shape index (κ2) is 5.64. The van der Waals surface area contributed by atoms with Gasteiger partial charge in [-0.05, 0) is 34.1 Å². The summed E-state index contributed by atoms with van der Waals surface area (Å²) < 4.78 is 5.86. The van der Waals surface area contributed by atoms with Crippen LogP contribution in [0.4, 0.5) is 5.69 Å². The van der Waals surface area contributed by atoms with Crippen molar-refractivity contribution in [3.05, 3.63) is 52.6 Å². The number of amides is 1. The highest BCUT2D eigenvalue weighted by Gasteiger charge is 2.10. The molecule has 2 aromatic rings. The fourth-order valence-electron chi connectivity index (χ4n) is 1.46. The van der Waals surface area contributed by atoms with Gasteiger partial charge in [-0.1, -0.05) is 18.2 Å². The van der Waals surface area contributed by atoms with E-state index in [9.17, 15) is 4.79 Å². The first-order valence-electron chi connectivity index (χ1n) is 5.26. The minimum absolute atomic E-state index is 0.200. The summed E-state index contributed by atoms with van der Waals surface area (Å²) in [6.07, 6.45) is 1.61. The zero-order valence-electron chi connectivity index (χ0n) is 9.68. The molecule has 0 saturated heterocycles. The monoisotopic (exact) mass is 306 g/mol. The molecule has 0 aliphatic carbocycles. The maximum atomic E-state index is 12.0. The molecule has 2 rings (SSSR count). The molecule has 0 aliphatic rings. The van der Waals surface area contributed by atoms with Crippen molar-refractivity contribution in [1.29, 1.82) is 0 Å². The largest absolute Gasteiger partial charge is 0.480 e. The van der Waals surface area contributed by atoms with Gasteiger partial charge in [0.1, 0.15) is 5.69 Å². The van der Waals surface area contributed by atoms with Crippen LogP contribution in [0.25, 0.3) is 0 Å². The van der Waals surface area contributed by atoms with Crippen LogP contribution in [0.2, 0.25) is 0 Å². The number of carbonyl (C=O) groups is 1. The highest BCUT2D eigenvalue weighted by Crippen LogP contribution is 2.25. The van der Waals surface area contributed by atoms with E-state index in [-0.39, 0.29) is 5.91 Å². The molecule has 0 bridgehead atoms. The molecule has 18 heavy (non-hydrogen) atoms. The number of nitrogens with zero attached hydrogens (tertiary/aromatic N) is 1. The molecule has 1 amide bonds. The van der Waals surface area contributed by atoms with Gasteiger partial charge < -0.3 is 10.1 Å². The number of aromatic nitrogens is 1. The molecule has 0 spiro atoms. The van der Waals surface area contributed by atoms with E-state index in [4.69, 9.17) is 4.74 Å². The number of carbonyl (C=O) groups excluding carboxylic acids is 1. The van der Waals surface area contributed by atoms with Gasteiger partial charge in [0.05, 0.1) is 7.11 Å². The van der Waals surface area contributed by atoms with Crippen LogP contribution in [-0.2, 0) is 0 Å². The Morgan fingerprint density at radius 3 is 2.72 bits per heavy atom. The van der Waals surface area contributed by atoms with Gasteiger partial charge in [0.2, 0.25) is 5.88 Å². The van der Waals surface area contributed by atoms with Crippen LogP contribution in [0.1, 0.15) is 10.4 Å². The number of halogens is 1. The van der Waals surface area contributed by atoms with Crippen molar-refractivity contribution in [1.82, 2.24) is 4.98 Å². The Morgan fingerprint density at radius 2 is 2.06 bits per heavy atom. The fraction of sp³-hybridized carbons (Fsp3) is 0.0769. The normalized spacial score (nSPS) is 9.89. The van der Waals surface area contributed by atoms with E-state index in [1.54, 1.807) is 24.4 Å². The third-order valence-corrected chi connectivity index (χ3v) is 2.73. The Kier molecular flexibility index (Phi) is 3.94. The molecule has 0 aliphatic heterocycles. The van der Waals surface area contributed by atoms with Crippen molar-refractivity contribution >= 4 is 27.5 Å². The Balaban J connectivity index is 2.24. The second-order valence-electron chi connectivity index (χ2n) is 3.53. The number of ether oxygens (including phenoxy) is 1. The third-order valence-electron chi connectivity index (χ3n) is 2.30. The number of hydrogen-bond donors (Lipinski definition) is 1. The van der Waals surface area contributed by atoms with Gasteiger partial charge in [0.15, 0.2) is 0 Å². The quantitative estimate of drug-likeness (QED) is 0.948. The molecule has 1 aromatic carbocycles. The van der Waals surface area contributed by atoms with E-state index in [2.05, 4.69) is 26.2 Å². The minimum atomic E-state index is -0.200. The van der Waals surface area contributed by atoms with E-state index in [1.165, 1.54) is 7.11 Å². The predicted molar refractivity (Wildman–Crippen MR) is 72.9 cm³/mol. The van der Waals surface area contributed by atoms with E-state index >= 15 is 0 Å². The first-order valence-corrected chi connectivity index (χ1v) is 6.06. The molecule has 1 heterocycles. The second-order valence-corrected chi connectivity index (χ2v) is 4.45. The van der Waals surface area contributed by atoms with Crippen molar-refractivity contribution in [2.75, 3.05) is 12.4 Å². The first-order chi connectivity index (χ1) is 8.70. The lowest BCUT2D eigenvalue weighted by atomic mass is 10.2. The summed E-state index contributed by atoms with van der Waals surface area (Å²) >= 11 is 3.30. The standard InChI is InChI=1S/C13H11BrN2O2/c1-18-13-11(7-10(14)8-15-13)16-12(17)9-5-3-2-4-6-9/h2-8H,1H3,(H,16,17). The maximum Gasteiger partial charge on any atom is 0.255 e. The Hall–Kier alpha value is -1.88. The number of nitrogens with one attached hydrogen (secondary N) is 1. The van der Waals surface area contributed by atoms with E-state index in [0.717, 1.165) is 4.47 Å². The summed E-state index contributed by atoms with van der Waals surface area (Å²) in [6, 6.07) is 10.7. The van der Waals surface area contributed by atoms with Crippen LogP contribution in [0, 0.1) is 0 Å².